The molecule has 2 aromatic rings. The lowest BCUT2D eigenvalue weighted by molar-refractivity contribution is 0.353. The molecule has 26 heavy (non-hydrogen) atoms. The van der Waals surface area contributed by atoms with Gasteiger partial charge >= 0.3 is 0 Å². The molecule has 0 N–H and O–H groups in total. The normalized spacial score (nSPS) is 15.9. The summed E-state index contributed by atoms with van der Waals surface area (Å²) in [7, 11) is -0.854. The minimum atomic E-state index is -3.87. The third-order valence-electron chi connectivity index (χ3n) is 4.26. The van der Waals surface area contributed by atoms with E-state index < -0.39 is 16.1 Å². The van der Waals surface area contributed by atoms with Gasteiger partial charge in [-0.25, -0.2) is 8.42 Å². The van der Waals surface area contributed by atoms with Gasteiger partial charge in [-0.1, -0.05) is 17.7 Å². The Balaban J connectivity index is 2.11. The summed E-state index contributed by atoms with van der Waals surface area (Å²) in [6.45, 7) is 1.88. The Bertz CT molecular complexity index is 1010. The highest BCUT2D eigenvalue weighted by Crippen LogP contribution is 2.40. The van der Waals surface area contributed by atoms with Gasteiger partial charge in [0.15, 0.2) is 17.5 Å². The molecule has 3 rings (SSSR count). The van der Waals surface area contributed by atoms with Crippen LogP contribution in [0.25, 0.3) is 6.08 Å². The summed E-state index contributed by atoms with van der Waals surface area (Å²) in [4.78, 5) is 0.136. The van der Waals surface area contributed by atoms with Crippen molar-refractivity contribution in [2.45, 2.75) is 17.9 Å². The fourth-order valence-electron chi connectivity index (χ4n) is 2.85. The van der Waals surface area contributed by atoms with Crippen LogP contribution < -0.4 is 9.47 Å². The molecule has 0 radical (unpaired) electrons. The molecule has 0 saturated carbocycles. The van der Waals surface area contributed by atoms with E-state index in [1.807, 2.05) is 6.92 Å². The van der Waals surface area contributed by atoms with Gasteiger partial charge in [0, 0.05) is 11.8 Å². The van der Waals surface area contributed by atoms with E-state index in [-0.39, 0.29) is 4.90 Å². The van der Waals surface area contributed by atoms with Gasteiger partial charge in [-0.2, -0.15) is 5.26 Å². The van der Waals surface area contributed by atoms with Gasteiger partial charge in [0.1, 0.15) is 0 Å². The first kappa shape index (κ1) is 17.8. The number of rotatable bonds is 4. The highest BCUT2D eigenvalue weighted by Gasteiger charge is 2.34. The Morgan fingerprint density at radius 3 is 2.27 bits per heavy atom. The summed E-state index contributed by atoms with van der Waals surface area (Å²) < 4.78 is 37.7. The third kappa shape index (κ3) is 2.89. The van der Waals surface area contributed by atoms with Gasteiger partial charge in [-0.3, -0.25) is 4.31 Å². The van der Waals surface area contributed by atoms with Crippen molar-refractivity contribution in [3.05, 3.63) is 59.3 Å². The predicted molar refractivity (Wildman–Crippen MR) is 97.1 cm³/mol. The average Bonchev–Trinajstić information content (AvgIpc) is 2.65. The van der Waals surface area contributed by atoms with Crippen LogP contribution in [0.1, 0.15) is 22.7 Å². The third-order valence-corrected chi connectivity index (χ3v) is 6.01. The van der Waals surface area contributed by atoms with Crippen molar-refractivity contribution < 1.29 is 17.9 Å². The molecule has 0 saturated heterocycles. The molecule has 6 nitrogen and oxygen atoms in total. The van der Waals surface area contributed by atoms with Crippen LogP contribution in [0.2, 0.25) is 0 Å². The number of fused-ring (bicyclic) bond motifs is 1. The summed E-state index contributed by atoms with van der Waals surface area (Å²) in [5.41, 5.74) is 2.21. The molecule has 2 aromatic carbocycles. The van der Waals surface area contributed by atoms with Crippen LogP contribution in [-0.4, -0.2) is 26.9 Å². The minimum Gasteiger partial charge on any atom is -0.493 e. The number of ether oxygens (including phenoxy) is 2. The Kier molecular flexibility index (Phi) is 4.62. The van der Waals surface area contributed by atoms with Gasteiger partial charge in [0.05, 0.1) is 25.2 Å². The molecule has 1 aliphatic rings. The smallest absolute Gasteiger partial charge is 0.265 e. The number of methoxy groups -OCH3 is 2. The monoisotopic (exact) mass is 370 g/mol. The lowest BCUT2D eigenvalue weighted by Crippen LogP contribution is -2.32. The first-order valence-corrected chi connectivity index (χ1v) is 9.30. The zero-order valence-electron chi connectivity index (χ0n) is 14.6. The Labute approximate surface area is 152 Å². The lowest BCUT2D eigenvalue weighted by atomic mass is 9.97. The Morgan fingerprint density at radius 2 is 1.69 bits per heavy atom. The largest absolute Gasteiger partial charge is 0.493 e. The highest BCUT2D eigenvalue weighted by molar-refractivity contribution is 7.89. The van der Waals surface area contributed by atoms with Crippen molar-refractivity contribution in [2.75, 3.05) is 14.2 Å². The summed E-state index contributed by atoms with van der Waals surface area (Å²) >= 11 is 0. The number of hydrogen-bond acceptors (Lipinski definition) is 5. The second-order valence-corrected chi connectivity index (χ2v) is 7.67. The number of nitrogens with zero attached hydrogens (tertiary/aromatic N) is 2. The van der Waals surface area contributed by atoms with Gasteiger partial charge in [-0.05, 0) is 42.8 Å². The van der Waals surface area contributed by atoms with Crippen molar-refractivity contribution in [3.63, 3.8) is 0 Å². The molecule has 0 bridgehead atoms. The molecular weight excluding hydrogens is 352 g/mol. The summed E-state index contributed by atoms with van der Waals surface area (Å²) in [6.07, 6.45) is 3.06. The van der Waals surface area contributed by atoms with Gasteiger partial charge in [-0.15, -0.1) is 0 Å². The van der Waals surface area contributed by atoms with Crippen LogP contribution in [0.3, 0.4) is 0 Å². The highest BCUT2D eigenvalue weighted by atomic mass is 32.2. The van der Waals surface area contributed by atoms with Crippen LogP contribution in [0.5, 0.6) is 11.5 Å². The van der Waals surface area contributed by atoms with E-state index in [0.717, 1.165) is 9.87 Å². The molecule has 7 heteroatoms. The minimum absolute atomic E-state index is 0.136. The van der Waals surface area contributed by atoms with Crippen molar-refractivity contribution >= 4 is 16.1 Å². The van der Waals surface area contributed by atoms with Crippen LogP contribution >= 0.6 is 0 Å². The molecule has 1 atom stereocenters. The van der Waals surface area contributed by atoms with E-state index >= 15 is 0 Å². The average molecular weight is 370 g/mol. The first-order valence-electron chi connectivity index (χ1n) is 7.86. The maximum Gasteiger partial charge on any atom is 0.265 e. The fraction of sp³-hybridized carbons (Fsp3) is 0.211. The van der Waals surface area contributed by atoms with E-state index in [4.69, 9.17) is 9.47 Å². The Hall–Kier alpha value is -2.98. The summed E-state index contributed by atoms with van der Waals surface area (Å²) in [6, 6.07) is 11.0. The second kappa shape index (κ2) is 6.73. The van der Waals surface area contributed by atoms with Gasteiger partial charge in [0.25, 0.3) is 10.0 Å². The van der Waals surface area contributed by atoms with Crippen molar-refractivity contribution in [1.29, 1.82) is 5.26 Å². The van der Waals surface area contributed by atoms with Crippen LogP contribution in [0.4, 0.5) is 0 Å². The number of nitriles is 1. The zero-order chi connectivity index (χ0) is 18.9. The molecule has 0 spiro atoms. The number of sulfonamides is 1. The molecule has 134 valence electrons. The first-order chi connectivity index (χ1) is 12.4. The molecule has 1 heterocycles. The standard InChI is InChI=1S/C19H18N2O4S/c1-13-4-6-15(7-5-13)26(22,23)21-9-8-14-10-18(24-2)19(25-3)11-16(14)17(21)12-20/h4-11,17H,1-3H3. The van der Waals surface area contributed by atoms with Crippen LogP contribution in [-0.2, 0) is 10.0 Å². The summed E-state index contributed by atoms with van der Waals surface area (Å²) in [5.74, 6) is 0.955. The van der Waals surface area contributed by atoms with E-state index in [9.17, 15) is 13.7 Å². The van der Waals surface area contributed by atoms with E-state index in [1.165, 1.54) is 32.6 Å². The number of benzene rings is 2. The number of aryl methyl sites for hydroxylation is 1. The molecule has 0 aliphatic carbocycles. The molecule has 0 aromatic heterocycles. The van der Waals surface area contributed by atoms with Crippen LogP contribution in [0, 0.1) is 18.3 Å². The molecule has 1 aliphatic heterocycles. The second-order valence-electron chi connectivity index (χ2n) is 5.83. The SMILES string of the molecule is COc1cc2c(cc1OC)C(C#N)N(S(=O)(=O)c1ccc(C)cc1)C=C2. The van der Waals surface area contributed by atoms with E-state index in [0.29, 0.717) is 22.6 Å². The quantitative estimate of drug-likeness (QED) is 0.825. The maximum atomic E-state index is 13.0. The van der Waals surface area contributed by atoms with E-state index in [2.05, 4.69) is 6.07 Å². The predicted octanol–water partition coefficient (Wildman–Crippen LogP) is 3.25. The lowest BCUT2D eigenvalue weighted by Gasteiger charge is -2.30. The summed E-state index contributed by atoms with van der Waals surface area (Å²) in [5, 5.41) is 9.69. The molecular formula is C19H18N2O4S. The topological polar surface area (TPSA) is 79.6 Å². The maximum absolute atomic E-state index is 13.0. The van der Waals surface area contributed by atoms with Gasteiger partial charge < -0.3 is 9.47 Å². The van der Waals surface area contributed by atoms with Crippen LogP contribution in [0.15, 0.2) is 47.5 Å². The van der Waals surface area contributed by atoms with Crippen molar-refractivity contribution in [1.82, 2.24) is 4.31 Å². The molecule has 1 unspecified atom stereocenters. The molecule has 0 fully saturated rings. The zero-order valence-corrected chi connectivity index (χ0v) is 15.4. The fourth-order valence-corrected chi connectivity index (χ4v) is 4.23. The van der Waals surface area contributed by atoms with Crippen molar-refractivity contribution in [2.24, 2.45) is 0 Å². The van der Waals surface area contributed by atoms with E-state index in [1.54, 1.807) is 30.3 Å². The van der Waals surface area contributed by atoms with Crippen molar-refractivity contribution in [3.8, 4) is 17.6 Å². The molecule has 0 amide bonds. The van der Waals surface area contributed by atoms with Gasteiger partial charge in [0.2, 0.25) is 0 Å². The Morgan fingerprint density at radius 1 is 1.08 bits per heavy atom. The number of hydrogen-bond donors (Lipinski definition) is 0.